The first-order valence-corrected chi connectivity index (χ1v) is 6.32. The van der Waals surface area contributed by atoms with Crippen molar-refractivity contribution in [3.05, 3.63) is 48.0 Å². The van der Waals surface area contributed by atoms with Gasteiger partial charge < -0.3 is 9.47 Å². The van der Waals surface area contributed by atoms with Crippen LogP contribution in [0.5, 0.6) is 0 Å². The molecule has 0 aliphatic carbocycles. The van der Waals surface area contributed by atoms with E-state index in [2.05, 4.69) is 31.2 Å². The minimum atomic E-state index is 0.216. The maximum atomic E-state index is 5.86. The van der Waals surface area contributed by atoms with E-state index in [0.717, 1.165) is 12.8 Å². The molecule has 1 aliphatic heterocycles. The van der Waals surface area contributed by atoms with Crippen molar-refractivity contribution in [1.29, 1.82) is 0 Å². The monoisotopic (exact) mass is 232 g/mol. The molecule has 0 radical (unpaired) electrons. The Morgan fingerprint density at radius 3 is 2.88 bits per heavy atom. The van der Waals surface area contributed by atoms with E-state index in [1.165, 1.54) is 5.56 Å². The van der Waals surface area contributed by atoms with Crippen molar-refractivity contribution in [3.8, 4) is 0 Å². The molecule has 0 saturated carbocycles. The van der Waals surface area contributed by atoms with Gasteiger partial charge in [0.2, 0.25) is 0 Å². The first kappa shape index (κ1) is 12.3. The summed E-state index contributed by atoms with van der Waals surface area (Å²) in [5.74, 6) is 0. The highest BCUT2D eigenvalue weighted by Crippen LogP contribution is 2.15. The summed E-state index contributed by atoms with van der Waals surface area (Å²) in [6, 6.07) is 10.2. The van der Waals surface area contributed by atoms with Crippen molar-refractivity contribution in [2.75, 3.05) is 6.61 Å². The summed E-state index contributed by atoms with van der Waals surface area (Å²) in [5.41, 5.74) is 1.21. The quantitative estimate of drug-likeness (QED) is 0.725. The molecule has 1 aromatic carbocycles. The van der Waals surface area contributed by atoms with Crippen LogP contribution in [0.3, 0.4) is 0 Å². The highest BCUT2D eigenvalue weighted by Gasteiger charge is 2.16. The summed E-state index contributed by atoms with van der Waals surface area (Å²) >= 11 is 0. The molecule has 2 rings (SSSR count). The van der Waals surface area contributed by atoms with Gasteiger partial charge in [-0.2, -0.15) is 0 Å². The van der Waals surface area contributed by atoms with Crippen LogP contribution in [0.1, 0.15) is 25.3 Å². The summed E-state index contributed by atoms with van der Waals surface area (Å²) in [5, 5.41) is 0. The van der Waals surface area contributed by atoms with Crippen LogP contribution < -0.4 is 0 Å². The standard InChI is InChI=1S/C15H20O2/c1-2-14-9-6-10-15(17-14)12-16-11-13-7-4-3-5-8-13/h3-9,14-15H,2,10-12H2,1H3/t14?,15-/m1/s1. The Hall–Kier alpha value is -1.12. The fourth-order valence-electron chi connectivity index (χ4n) is 1.95. The van der Waals surface area contributed by atoms with Gasteiger partial charge in [-0.3, -0.25) is 0 Å². The maximum absolute atomic E-state index is 5.86. The number of ether oxygens (including phenoxy) is 2. The highest BCUT2D eigenvalue weighted by molar-refractivity contribution is 5.13. The molecule has 2 heteroatoms. The molecule has 92 valence electrons. The number of hydrogen-bond acceptors (Lipinski definition) is 2. The molecular formula is C15H20O2. The van der Waals surface area contributed by atoms with E-state index in [9.17, 15) is 0 Å². The van der Waals surface area contributed by atoms with Crippen molar-refractivity contribution in [1.82, 2.24) is 0 Å². The number of benzene rings is 1. The molecule has 1 heterocycles. The Bertz CT molecular complexity index is 345. The minimum absolute atomic E-state index is 0.216. The molecule has 1 aliphatic rings. The first-order chi connectivity index (χ1) is 8.38. The van der Waals surface area contributed by atoms with Gasteiger partial charge in [-0.1, -0.05) is 49.4 Å². The Kier molecular flexibility index (Phi) is 4.77. The Morgan fingerprint density at radius 2 is 2.12 bits per heavy atom. The Balaban J connectivity index is 1.71. The van der Waals surface area contributed by atoms with E-state index in [0.29, 0.717) is 13.2 Å². The molecule has 1 aromatic rings. The summed E-state index contributed by atoms with van der Waals surface area (Å²) < 4.78 is 11.6. The second-order valence-corrected chi connectivity index (χ2v) is 4.37. The smallest absolute Gasteiger partial charge is 0.0851 e. The zero-order valence-corrected chi connectivity index (χ0v) is 10.3. The van der Waals surface area contributed by atoms with Gasteiger partial charge in [0.05, 0.1) is 25.4 Å². The molecule has 17 heavy (non-hydrogen) atoms. The molecule has 1 unspecified atom stereocenters. The van der Waals surface area contributed by atoms with Crippen LogP contribution in [-0.2, 0) is 16.1 Å². The van der Waals surface area contributed by atoms with Crippen molar-refractivity contribution in [2.24, 2.45) is 0 Å². The van der Waals surface area contributed by atoms with Crippen LogP contribution in [0.2, 0.25) is 0 Å². The van der Waals surface area contributed by atoms with Crippen LogP contribution in [0.15, 0.2) is 42.5 Å². The van der Waals surface area contributed by atoms with Crippen molar-refractivity contribution >= 4 is 0 Å². The third-order valence-corrected chi connectivity index (χ3v) is 2.93. The Morgan fingerprint density at radius 1 is 1.29 bits per heavy atom. The predicted octanol–water partition coefficient (Wildman–Crippen LogP) is 3.33. The molecule has 0 saturated heterocycles. The summed E-state index contributed by atoms with van der Waals surface area (Å²) in [7, 11) is 0. The Labute approximate surface area is 103 Å². The molecule has 0 aromatic heterocycles. The van der Waals surface area contributed by atoms with Gasteiger partial charge in [0.1, 0.15) is 0 Å². The van der Waals surface area contributed by atoms with Crippen LogP contribution in [0, 0.1) is 0 Å². The fourth-order valence-corrected chi connectivity index (χ4v) is 1.95. The first-order valence-electron chi connectivity index (χ1n) is 6.32. The van der Waals surface area contributed by atoms with E-state index in [-0.39, 0.29) is 12.2 Å². The van der Waals surface area contributed by atoms with Crippen molar-refractivity contribution in [3.63, 3.8) is 0 Å². The predicted molar refractivity (Wildman–Crippen MR) is 68.8 cm³/mol. The fraction of sp³-hybridized carbons (Fsp3) is 0.467. The molecule has 2 atom stereocenters. The largest absolute Gasteiger partial charge is 0.374 e. The lowest BCUT2D eigenvalue weighted by Crippen LogP contribution is -2.27. The van der Waals surface area contributed by atoms with Crippen LogP contribution >= 0.6 is 0 Å². The molecule has 0 amide bonds. The lowest BCUT2D eigenvalue weighted by molar-refractivity contribution is -0.0501. The van der Waals surface area contributed by atoms with Gasteiger partial charge in [0, 0.05) is 0 Å². The topological polar surface area (TPSA) is 18.5 Å². The second-order valence-electron chi connectivity index (χ2n) is 4.37. The van der Waals surface area contributed by atoms with E-state index in [1.807, 2.05) is 18.2 Å². The summed E-state index contributed by atoms with van der Waals surface area (Å²) in [6.07, 6.45) is 6.83. The van der Waals surface area contributed by atoms with Gasteiger partial charge >= 0.3 is 0 Å². The van der Waals surface area contributed by atoms with E-state index in [4.69, 9.17) is 9.47 Å². The van der Waals surface area contributed by atoms with E-state index < -0.39 is 0 Å². The minimum Gasteiger partial charge on any atom is -0.374 e. The zero-order valence-electron chi connectivity index (χ0n) is 10.3. The normalized spacial score (nSPS) is 23.8. The lowest BCUT2D eigenvalue weighted by atomic mass is 10.1. The van der Waals surface area contributed by atoms with E-state index in [1.54, 1.807) is 0 Å². The molecular weight excluding hydrogens is 212 g/mol. The average molecular weight is 232 g/mol. The van der Waals surface area contributed by atoms with Gasteiger partial charge in [-0.05, 0) is 18.4 Å². The van der Waals surface area contributed by atoms with Crippen LogP contribution in [0.25, 0.3) is 0 Å². The second kappa shape index (κ2) is 6.58. The number of hydrogen-bond donors (Lipinski definition) is 0. The van der Waals surface area contributed by atoms with Crippen molar-refractivity contribution in [2.45, 2.75) is 38.6 Å². The third-order valence-electron chi connectivity index (χ3n) is 2.93. The third kappa shape index (κ3) is 3.99. The average Bonchev–Trinajstić information content (AvgIpc) is 2.40. The van der Waals surface area contributed by atoms with Crippen molar-refractivity contribution < 1.29 is 9.47 Å². The molecule has 0 fully saturated rings. The SMILES string of the molecule is CCC1C=CC[C@H](COCc2ccccc2)O1. The van der Waals surface area contributed by atoms with Crippen LogP contribution in [0.4, 0.5) is 0 Å². The molecule has 0 spiro atoms. The number of rotatable bonds is 5. The lowest BCUT2D eigenvalue weighted by Gasteiger charge is -2.25. The van der Waals surface area contributed by atoms with E-state index >= 15 is 0 Å². The molecule has 0 bridgehead atoms. The maximum Gasteiger partial charge on any atom is 0.0851 e. The zero-order chi connectivity index (χ0) is 11.9. The molecule has 0 N–H and O–H groups in total. The summed E-state index contributed by atoms with van der Waals surface area (Å²) in [4.78, 5) is 0. The van der Waals surface area contributed by atoms with Gasteiger partial charge in [0.25, 0.3) is 0 Å². The highest BCUT2D eigenvalue weighted by atomic mass is 16.5. The molecule has 2 nitrogen and oxygen atoms in total. The summed E-state index contributed by atoms with van der Waals surface area (Å²) in [6.45, 7) is 3.49. The van der Waals surface area contributed by atoms with Gasteiger partial charge in [0.15, 0.2) is 0 Å². The van der Waals surface area contributed by atoms with Crippen LogP contribution in [-0.4, -0.2) is 18.8 Å². The van der Waals surface area contributed by atoms with Gasteiger partial charge in [-0.15, -0.1) is 0 Å². The van der Waals surface area contributed by atoms with Gasteiger partial charge in [-0.25, -0.2) is 0 Å².